The molecule has 0 aliphatic carbocycles. The summed E-state index contributed by atoms with van der Waals surface area (Å²) < 4.78 is 18.4. The highest BCUT2D eigenvalue weighted by atomic mass is 79.9. The van der Waals surface area contributed by atoms with Crippen molar-refractivity contribution < 1.29 is 4.39 Å². The third-order valence-corrected chi connectivity index (χ3v) is 6.00. The number of benzene rings is 2. The van der Waals surface area contributed by atoms with Crippen LogP contribution in [0.5, 0.6) is 0 Å². The Bertz CT molecular complexity index is 1390. The number of para-hydroxylation sites is 1. The van der Waals surface area contributed by atoms with Gasteiger partial charge >= 0.3 is 0 Å². The van der Waals surface area contributed by atoms with Crippen LogP contribution in [-0.4, -0.2) is 20.4 Å². The van der Waals surface area contributed by atoms with Gasteiger partial charge in [0.05, 0.1) is 22.8 Å². The number of halogens is 2. The number of rotatable bonds is 6. The van der Waals surface area contributed by atoms with Gasteiger partial charge in [0.25, 0.3) is 5.56 Å². The van der Waals surface area contributed by atoms with Crippen molar-refractivity contribution in [3.05, 3.63) is 92.0 Å². The summed E-state index contributed by atoms with van der Waals surface area (Å²) in [5, 5.41) is 5.04. The molecule has 0 spiro atoms. The summed E-state index contributed by atoms with van der Waals surface area (Å²) in [6, 6.07) is 14.1. The van der Waals surface area contributed by atoms with Crippen LogP contribution < -0.4 is 5.56 Å². The molecular formula is C25H24BrFN4O. The van der Waals surface area contributed by atoms with Gasteiger partial charge in [-0.2, -0.15) is 9.78 Å². The lowest BCUT2D eigenvalue weighted by molar-refractivity contribution is 0.616. The van der Waals surface area contributed by atoms with Gasteiger partial charge in [-0.3, -0.25) is 4.79 Å². The number of unbranched alkanes of at least 4 members (excludes halogenated alkanes) is 1. The fraction of sp³-hybridized carbons (Fsp3) is 0.240. The van der Waals surface area contributed by atoms with E-state index in [4.69, 9.17) is 4.98 Å². The van der Waals surface area contributed by atoms with Gasteiger partial charge in [0, 0.05) is 27.8 Å². The summed E-state index contributed by atoms with van der Waals surface area (Å²) in [6.07, 6.45) is 4.21. The summed E-state index contributed by atoms with van der Waals surface area (Å²) in [5.41, 5.74) is 3.48. The van der Waals surface area contributed by atoms with Crippen LogP contribution in [0.15, 0.2) is 62.9 Å². The van der Waals surface area contributed by atoms with Crippen LogP contribution in [0.3, 0.4) is 0 Å². The Hall–Kier alpha value is -3.06. The molecule has 164 valence electrons. The molecule has 0 fully saturated rings. The lowest BCUT2D eigenvalue weighted by Crippen LogP contribution is -2.22. The highest BCUT2D eigenvalue weighted by Gasteiger charge is 2.14. The Labute approximate surface area is 194 Å². The quantitative estimate of drug-likeness (QED) is 0.312. The van der Waals surface area contributed by atoms with E-state index in [9.17, 15) is 9.18 Å². The number of fused-ring (bicyclic) bond motifs is 1. The van der Waals surface area contributed by atoms with Gasteiger partial charge < -0.3 is 4.57 Å². The van der Waals surface area contributed by atoms with E-state index in [0.29, 0.717) is 28.8 Å². The van der Waals surface area contributed by atoms with Crippen LogP contribution >= 0.6 is 15.9 Å². The SMILES string of the molecule is CCCCc1nc2ccc(Br)cc2c(=O)n1N=Cc1cc(C)n(-c2ccccc2F)c1C. The van der Waals surface area contributed by atoms with Crippen LogP contribution in [0.4, 0.5) is 4.39 Å². The van der Waals surface area contributed by atoms with Crippen molar-refractivity contribution in [1.82, 2.24) is 14.2 Å². The predicted molar refractivity (Wildman–Crippen MR) is 131 cm³/mol. The third-order valence-electron chi connectivity index (χ3n) is 5.51. The molecule has 0 aliphatic heterocycles. The van der Waals surface area contributed by atoms with Crippen LogP contribution in [0, 0.1) is 19.7 Å². The zero-order chi connectivity index (χ0) is 22.8. The van der Waals surface area contributed by atoms with Crippen molar-refractivity contribution in [2.45, 2.75) is 40.0 Å². The van der Waals surface area contributed by atoms with Gasteiger partial charge in [0.15, 0.2) is 0 Å². The maximum Gasteiger partial charge on any atom is 0.282 e. The molecular weight excluding hydrogens is 471 g/mol. The third kappa shape index (κ3) is 4.17. The van der Waals surface area contributed by atoms with E-state index >= 15 is 0 Å². The molecule has 0 N–H and O–H groups in total. The monoisotopic (exact) mass is 494 g/mol. The van der Waals surface area contributed by atoms with Crippen LogP contribution in [-0.2, 0) is 6.42 Å². The lowest BCUT2D eigenvalue weighted by Gasteiger charge is -2.10. The van der Waals surface area contributed by atoms with Crippen LogP contribution in [0.25, 0.3) is 16.6 Å². The number of aryl methyl sites for hydroxylation is 2. The summed E-state index contributed by atoms with van der Waals surface area (Å²) in [4.78, 5) is 17.9. The first kappa shape index (κ1) is 22.1. The highest BCUT2D eigenvalue weighted by Crippen LogP contribution is 2.22. The second-order valence-corrected chi connectivity index (χ2v) is 8.68. The second kappa shape index (κ2) is 9.20. The first-order valence-corrected chi connectivity index (χ1v) is 11.4. The normalized spacial score (nSPS) is 11.7. The fourth-order valence-electron chi connectivity index (χ4n) is 3.85. The molecule has 4 rings (SSSR count). The number of hydrogen-bond donors (Lipinski definition) is 0. The Morgan fingerprint density at radius 2 is 1.94 bits per heavy atom. The lowest BCUT2D eigenvalue weighted by atomic mass is 10.2. The van der Waals surface area contributed by atoms with Gasteiger partial charge in [-0.1, -0.05) is 41.4 Å². The predicted octanol–water partition coefficient (Wildman–Crippen LogP) is 5.93. The fourth-order valence-corrected chi connectivity index (χ4v) is 4.21. The molecule has 0 atom stereocenters. The zero-order valence-corrected chi connectivity index (χ0v) is 19.9. The minimum atomic E-state index is -0.292. The molecule has 0 saturated carbocycles. The van der Waals surface area contributed by atoms with Crippen molar-refractivity contribution in [3.8, 4) is 5.69 Å². The van der Waals surface area contributed by atoms with Crippen molar-refractivity contribution in [1.29, 1.82) is 0 Å². The summed E-state index contributed by atoms with van der Waals surface area (Å²) >= 11 is 3.43. The van der Waals surface area contributed by atoms with Crippen molar-refractivity contribution in [3.63, 3.8) is 0 Å². The van der Waals surface area contributed by atoms with Crippen molar-refractivity contribution >= 4 is 33.0 Å². The van der Waals surface area contributed by atoms with E-state index in [1.54, 1.807) is 24.4 Å². The first-order chi connectivity index (χ1) is 15.4. The molecule has 0 radical (unpaired) electrons. The highest BCUT2D eigenvalue weighted by molar-refractivity contribution is 9.10. The number of hydrogen-bond acceptors (Lipinski definition) is 3. The van der Waals surface area contributed by atoms with E-state index in [-0.39, 0.29) is 11.4 Å². The molecule has 5 nitrogen and oxygen atoms in total. The molecule has 2 aromatic heterocycles. The van der Waals surface area contributed by atoms with Gasteiger partial charge in [0.1, 0.15) is 11.6 Å². The Morgan fingerprint density at radius 3 is 2.69 bits per heavy atom. The molecule has 0 unspecified atom stereocenters. The topological polar surface area (TPSA) is 52.2 Å². The summed E-state index contributed by atoms with van der Waals surface area (Å²) in [7, 11) is 0. The van der Waals surface area contributed by atoms with Crippen molar-refractivity contribution in [2.24, 2.45) is 5.10 Å². The van der Waals surface area contributed by atoms with Gasteiger partial charge in [-0.25, -0.2) is 9.37 Å². The summed E-state index contributed by atoms with van der Waals surface area (Å²) in [5.74, 6) is 0.339. The minimum Gasteiger partial charge on any atom is -0.315 e. The Kier molecular flexibility index (Phi) is 6.37. The molecule has 4 aromatic rings. The second-order valence-electron chi connectivity index (χ2n) is 7.77. The van der Waals surface area contributed by atoms with Gasteiger partial charge in [-0.15, -0.1) is 0 Å². The smallest absolute Gasteiger partial charge is 0.282 e. The Balaban J connectivity index is 1.82. The first-order valence-electron chi connectivity index (χ1n) is 10.6. The summed E-state index contributed by atoms with van der Waals surface area (Å²) in [6.45, 7) is 5.93. The minimum absolute atomic E-state index is 0.207. The molecule has 0 aliphatic rings. The molecule has 0 saturated heterocycles. The number of nitrogens with zero attached hydrogens (tertiary/aromatic N) is 4. The van der Waals surface area contributed by atoms with Gasteiger partial charge in [-0.05, 0) is 56.7 Å². The maximum atomic E-state index is 14.4. The van der Waals surface area contributed by atoms with E-state index < -0.39 is 0 Å². The maximum absolute atomic E-state index is 14.4. The van der Waals surface area contributed by atoms with E-state index in [1.807, 2.05) is 42.7 Å². The average molecular weight is 495 g/mol. The molecule has 0 amide bonds. The standard InChI is InChI=1S/C25H24BrFN4O/c1-4-5-10-24-29-22-12-11-19(26)14-20(22)25(32)31(24)28-15-18-13-16(2)30(17(18)3)23-9-7-6-8-21(23)27/h6-9,11-15H,4-5,10H2,1-3H3. The van der Waals surface area contributed by atoms with Gasteiger partial charge in [0.2, 0.25) is 0 Å². The van der Waals surface area contributed by atoms with Crippen LogP contribution in [0.1, 0.15) is 42.5 Å². The molecule has 0 bridgehead atoms. The largest absolute Gasteiger partial charge is 0.315 e. The van der Waals surface area contributed by atoms with Crippen molar-refractivity contribution in [2.75, 3.05) is 0 Å². The molecule has 7 heteroatoms. The number of aromatic nitrogens is 3. The molecule has 2 heterocycles. The average Bonchev–Trinajstić information content (AvgIpc) is 3.05. The van der Waals surface area contributed by atoms with E-state index in [2.05, 4.69) is 28.0 Å². The zero-order valence-electron chi connectivity index (χ0n) is 18.3. The molecule has 2 aromatic carbocycles. The van der Waals surface area contributed by atoms with E-state index in [1.165, 1.54) is 10.7 Å². The van der Waals surface area contributed by atoms with E-state index in [0.717, 1.165) is 34.3 Å². The Morgan fingerprint density at radius 1 is 1.16 bits per heavy atom. The molecule has 32 heavy (non-hydrogen) atoms. The van der Waals surface area contributed by atoms with Crippen LogP contribution in [0.2, 0.25) is 0 Å².